The van der Waals surface area contributed by atoms with E-state index in [0.717, 1.165) is 16.3 Å². The lowest BCUT2D eigenvalue weighted by Crippen LogP contribution is -2.17. The zero-order valence-corrected chi connectivity index (χ0v) is 13.1. The zero-order chi connectivity index (χ0) is 16.4. The van der Waals surface area contributed by atoms with Gasteiger partial charge in [0.15, 0.2) is 5.78 Å². The van der Waals surface area contributed by atoms with Gasteiger partial charge in [0.25, 0.3) is 10.1 Å². The maximum atomic E-state index is 11.4. The van der Waals surface area contributed by atoms with Crippen molar-refractivity contribution < 1.29 is 27.2 Å². The molecule has 0 amide bonds. The summed E-state index contributed by atoms with van der Waals surface area (Å²) in [4.78, 5) is 11.4. The van der Waals surface area contributed by atoms with Gasteiger partial charge in [0.1, 0.15) is 17.6 Å². The second-order valence-corrected chi connectivity index (χ2v) is 6.84. The lowest BCUT2D eigenvalue weighted by Gasteiger charge is -2.11. The Morgan fingerprint density at radius 2 is 1.91 bits per heavy atom. The number of carbonyl (C=O) groups is 1. The van der Waals surface area contributed by atoms with E-state index in [1.165, 1.54) is 0 Å². The van der Waals surface area contributed by atoms with E-state index in [-0.39, 0.29) is 19.1 Å². The number of Topliss-reactive ketones (excluding diaryl/α,β-unsaturated/α-hetero) is 1. The quantitative estimate of drug-likeness (QED) is 0.615. The van der Waals surface area contributed by atoms with Gasteiger partial charge in [-0.25, -0.2) is 0 Å². The highest BCUT2D eigenvalue weighted by molar-refractivity contribution is 7.86. The highest BCUT2D eigenvalue weighted by Gasteiger charge is 2.26. The molecule has 3 rings (SSSR count). The van der Waals surface area contributed by atoms with Gasteiger partial charge in [-0.2, -0.15) is 8.42 Å². The van der Waals surface area contributed by atoms with Crippen molar-refractivity contribution in [3.8, 4) is 5.75 Å². The van der Waals surface area contributed by atoms with Crippen molar-refractivity contribution in [2.75, 3.05) is 19.0 Å². The van der Waals surface area contributed by atoms with Crippen LogP contribution in [0.3, 0.4) is 0 Å². The molecule has 0 saturated carbocycles. The summed E-state index contributed by atoms with van der Waals surface area (Å²) in [5, 5.41) is 1.96. The minimum atomic E-state index is -4.28. The summed E-state index contributed by atoms with van der Waals surface area (Å²) >= 11 is 0. The van der Waals surface area contributed by atoms with Gasteiger partial charge in [-0.3, -0.25) is 9.35 Å². The molecule has 2 aromatic carbocycles. The Hall–Kier alpha value is -1.96. The number of hydrogen-bond acceptors (Lipinski definition) is 5. The van der Waals surface area contributed by atoms with Gasteiger partial charge in [-0.1, -0.05) is 30.3 Å². The van der Waals surface area contributed by atoms with Crippen LogP contribution in [-0.4, -0.2) is 37.7 Å². The van der Waals surface area contributed by atoms with Crippen LogP contribution >= 0.6 is 0 Å². The Balaban J connectivity index is 1.71. The molecule has 1 saturated heterocycles. The fourth-order valence-corrected chi connectivity index (χ4v) is 3.04. The molecule has 23 heavy (non-hydrogen) atoms. The molecule has 0 aliphatic carbocycles. The molecule has 1 aliphatic heterocycles. The van der Waals surface area contributed by atoms with Crippen molar-refractivity contribution in [2.45, 2.75) is 12.5 Å². The van der Waals surface area contributed by atoms with Crippen molar-refractivity contribution in [1.29, 1.82) is 0 Å². The Morgan fingerprint density at radius 3 is 2.61 bits per heavy atom. The number of ether oxygens (including phenoxy) is 2. The molecule has 2 aromatic rings. The van der Waals surface area contributed by atoms with Crippen molar-refractivity contribution in [3.63, 3.8) is 0 Å². The van der Waals surface area contributed by atoms with Gasteiger partial charge in [0.05, 0.1) is 13.2 Å². The van der Waals surface area contributed by atoms with Crippen LogP contribution in [0.1, 0.15) is 18.1 Å². The molecule has 1 N–H and O–H groups in total. The second kappa shape index (κ2) is 6.27. The van der Waals surface area contributed by atoms with Crippen molar-refractivity contribution in [1.82, 2.24) is 0 Å². The lowest BCUT2D eigenvalue weighted by atomic mass is 10.0. The van der Waals surface area contributed by atoms with E-state index in [1.54, 1.807) is 6.07 Å². The molecule has 1 atom stereocenters. The standard InChI is InChI=1S/C16H16O6S/c17-11(10-23(18,19)20)7-8-21-15-6-2-3-12-13(15)4-1-5-14(12)16-9-22-16/h1-6,16H,7-10H2,(H,18,19,20). The molecule has 1 heterocycles. The van der Waals surface area contributed by atoms with Gasteiger partial charge < -0.3 is 9.47 Å². The number of benzene rings is 2. The van der Waals surface area contributed by atoms with Gasteiger partial charge in [-0.15, -0.1) is 0 Å². The van der Waals surface area contributed by atoms with Crippen molar-refractivity contribution >= 4 is 26.7 Å². The fourth-order valence-electron chi connectivity index (χ4n) is 2.49. The topological polar surface area (TPSA) is 93.2 Å². The smallest absolute Gasteiger partial charge is 0.272 e. The van der Waals surface area contributed by atoms with E-state index >= 15 is 0 Å². The Labute approximate surface area is 133 Å². The molecule has 0 spiro atoms. The predicted molar refractivity (Wildman–Crippen MR) is 84.2 cm³/mol. The van der Waals surface area contributed by atoms with E-state index in [1.807, 2.05) is 30.3 Å². The Kier molecular flexibility index (Phi) is 4.34. The van der Waals surface area contributed by atoms with E-state index in [4.69, 9.17) is 14.0 Å². The number of epoxide rings is 1. The third-order valence-electron chi connectivity index (χ3n) is 3.58. The molecule has 122 valence electrons. The van der Waals surface area contributed by atoms with Crippen LogP contribution in [0.5, 0.6) is 5.75 Å². The largest absolute Gasteiger partial charge is 0.492 e. The first-order chi connectivity index (χ1) is 10.9. The maximum Gasteiger partial charge on any atom is 0.272 e. The molecule has 7 heteroatoms. The van der Waals surface area contributed by atoms with Gasteiger partial charge >= 0.3 is 0 Å². The molecule has 0 aromatic heterocycles. The summed E-state index contributed by atoms with van der Waals surface area (Å²) in [5.74, 6) is -0.834. The molecule has 6 nitrogen and oxygen atoms in total. The zero-order valence-electron chi connectivity index (χ0n) is 12.3. The van der Waals surface area contributed by atoms with Crippen LogP contribution in [0, 0.1) is 0 Å². The van der Waals surface area contributed by atoms with Crippen LogP contribution in [0.25, 0.3) is 10.8 Å². The monoisotopic (exact) mass is 336 g/mol. The number of ketones is 1. The lowest BCUT2D eigenvalue weighted by molar-refractivity contribution is -0.117. The minimum Gasteiger partial charge on any atom is -0.492 e. The normalized spacial score (nSPS) is 17.2. The van der Waals surface area contributed by atoms with E-state index in [2.05, 4.69) is 0 Å². The highest BCUT2D eigenvalue weighted by Crippen LogP contribution is 2.37. The number of fused-ring (bicyclic) bond motifs is 1. The van der Waals surface area contributed by atoms with Gasteiger partial charge in [0.2, 0.25) is 0 Å². The van der Waals surface area contributed by atoms with E-state index in [0.29, 0.717) is 12.4 Å². The number of hydrogen-bond donors (Lipinski definition) is 1. The first-order valence-corrected chi connectivity index (χ1v) is 8.78. The summed E-state index contributed by atoms with van der Waals surface area (Å²) in [6.07, 6.45) is 0.0482. The van der Waals surface area contributed by atoms with Gasteiger partial charge in [0, 0.05) is 11.8 Å². The summed E-state index contributed by atoms with van der Waals surface area (Å²) < 4.78 is 40.9. The average Bonchev–Trinajstić information content (AvgIpc) is 3.29. The van der Waals surface area contributed by atoms with Crippen LogP contribution in [0.4, 0.5) is 0 Å². The number of rotatable bonds is 7. The molecular formula is C16H16O6S. The Bertz CT molecular complexity index is 839. The predicted octanol–water partition coefficient (Wildman–Crippen LogP) is 2.14. The Morgan fingerprint density at radius 1 is 1.22 bits per heavy atom. The summed E-state index contributed by atoms with van der Waals surface area (Å²) in [6, 6.07) is 11.5. The van der Waals surface area contributed by atoms with Crippen LogP contribution < -0.4 is 4.74 Å². The minimum absolute atomic E-state index is 0.0532. The fraction of sp³-hybridized carbons (Fsp3) is 0.312. The molecule has 1 aliphatic rings. The van der Waals surface area contributed by atoms with Crippen LogP contribution in [0.2, 0.25) is 0 Å². The second-order valence-electron chi connectivity index (χ2n) is 5.38. The van der Waals surface area contributed by atoms with Crippen molar-refractivity contribution in [3.05, 3.63) is 42.0 Å². The summed E-state index contributed by atoms with van der Waals surface area (Å²) in [6.45, 7) is 0.770. The molecule has 1 fully saturated rings. The maximum absolute atomic E-state index is 11.4. The third kappa shape index (κ3) is 4.07. The molecule has 0 bridgehead atoms. The highest BCUT2D eigenvalue weighted by atomic mass is 32.2. The first-order valence-electron chi connectivity index (χ1n) is 7.17. The average molecular weight is 336 g/mol. The van der Waals surface area contributed by atoms with E-state index < -0.39 is 21.7 Å². The van der Waals surface area contributed by atoms with Crippen LogP contribution in [-0.2, 0) is 19.6 Å². The van der Waals surface area contributed by atoms with E-state index in [9.17, 15) is 13.2 Å². The first kappa shape index (κ1) is 15.9. The number of carbonyl (C=O) groups excluding carboxylic acids is 1. The molecule has 0 radical (unpaired) electrons. The summed E-state index contributed by atoms with van der Waals surface area (Å²) in [7, 11) is -4.28. The summed E-state index contributed by atoms with van der Waals surface area (Å²) in [5.41, 5.74) is 1.11. The van der Waals surface area contributed by atoms with Crippen LogP contribution in [0.15, 0.2) is 36.4 Å². The SMILES string of the molecule is O=C(CCOc1cccc2c(C3CO3)cccc12)CS(=O)(=O)O. The molecular weight excluding hydrogens is 320 g/mol. The molecule has 1 unspecified atom stereocenters. The van der Waals surface area contributed by atoms with Crippen molar-refractivity contribution in [2.24, 2.45) is 0 Å². The third-order valence-corrected chi connectivity index (χ3v) is 4.26. The van der Waals surface area contributed by atoms with Gasteiger partial charge in [-0.05, 0) is 17.0 Å².